The van der Waals surface area contributed by atoms with Gasteiger partial charge in [-0.25, -0.2) is 0 Å². The number of benzene rings is 1. The predicted molar refractivity (Wildman–Crippen MR) is 68.9 cm³/mol. The molecule has 2 N–H and O–H groups in total. The molecule has 1 amide bonds. The molecule has 0 bridgehead atoms. The Hall–Kier alpha value is -1.56. The van der Waals surface area contributed by atoms with Crippen molar-refractivity contribution in [3.8, 4) is 0 Å². The van der Waals surface area contributed by atoms with Gasteiger partial charge < -0.3 is 10.4 Å². The summed E-state index contributed by atoms with van der Waals surface area (Å²) >= 11 is 0. The van der Waals surface area contributed by atoms with Crippen molar-refractivity contribution in [1.82, 2.24) is 5.32 Å². The van der Waals surface area contributed by atoms with Gasteiger partial charge in [0, 0.05) is 6.42 Å². The quantitative estimate of drug-likeness (QED) is 0.875. The van der Waals surface area contributed by atoms with Crippen molar-refractivity contribution >= 4 is 5.91 Å². The molecule has 2 atom stereocenters. The van der Waals surface area contributed by atoms with Crippen molar-refractivity contribution in [2.75, 3.05) is 0 Å². The molecule has 0 aliphatic rings. The average Bonchev–Trinajstić information content (AvgIpc) is 2.35. The van der Waals surface area contributed by atoms with Gasteiger partial charge in [-0.2, -0.15) is 13.2 Å². The molecule has 0 radical (unpaired) electrons. The van der Waals surface area contributed by atoms with Crippen LogP contribution in [0.15, 0.2) is 24.3 Å². The number of nitrogens with one attached hydrogen (secondary N) is 1. The number of halogens is 3. The number of alkyl halides is 3. The lowest BCUT2D eigenvalue weighted by atomic mass is 10.0. The first kappa shape index (κ1) is 16.5. The minimum absolute atomic E-state index is 0.140. The molecule has 1 rings (SSSR count). The van der Waals surface area contributed by atoms with Crippen LogP contribution in [0.5, 0.6) is 0 Å². The molecule has 6 heteroatoms. The molecule has 0 fully saturated rings. The molecule has 2 unspecified atom stereocenters. The van der Waals surface area contributed by atoms with Gasteiger partial charge in [0.15, 0.2) is 0 Å². The Morgan fingerprint density at radius 1 is 1.35 bits per heavy atom. The van der Waals surface area contributed by atoms with E-state index in [1.54, 1.807) is 13.8 Å². The molecule has 3 nitrogen and oxygen atoms in total. The first-order valence-corrected chi connectivity index (χ1v) is 6.34. The Bertz CT molecular complexity index is 458. The van der Waals surface area contributed by atoms with E-state index in [-0.39, 0.29) is 12.3 Å². The molecule has 0 heterocycles. The monoisotopic (exact) mass is 289 g/mol. The fraction of sp³-hybridized carbons (Fsp3) is 0.500. The topological polar surface area (TPSA) is 49.3 Å². The van der Waals surface area contributed by atoms with Crippen LogP contribution in [0.25, 0.3) is 0 Å². The molecule has 0 aliphatic heterocycles. The number of aliphatic hydroxyl groups excluding tert-OH is 1. The van der Waals surface area contributed by atoms with Crippen molar-refractivity contribution in [1.29, 1.82) is 0 Å². The minimum Gasteiger partial charge on any atom is -0.393 e. The number of hydrogen-bond donors (Lipinski definition) is 2. The third kappa shape index (κ3) is 5.21. The van der Waals surface area contributed by atoms with E-state index in [4.69, 9.17) is 5.11 Å². The summed E-state index contributed by atoms with van der Waals surface area (Å²) in [4.78, 5) is 11.6. The molecular formula is C14H18F3NO2. The lowest BCUT2D eigenvalue weighted by molar-refractivity contribution is -0.137. The zero-order valence-electron chi connectivity index (χ0n) is 11.4. The number of hydrogen-bond acceptors (Lipinski definition) is 2. The van der Waals surface area contributed by atoms with Crippen LogP contribution in [-0.4, -0.2) is 17.1 Å². The molecule has 0 aliphatic carbocycles. The first-order chi connectivity index (χ1) is 9.20. The van der Waals surface area contributed by atoms with Gasteiger partial charge >= 0.3 is 6.18 Å². The fourth-order valence-corrected chi connectivity index (χ4v) is 1.72. The van der Waals surface area contributed by atoms with Gasteiger partial charge in [0.05, 0.1) is 17.7 Å². The maximum Gasteiger partial charge on any atom is 0.416 e. The molecule has 20 heavy (non-hydrogen) atoms. The van der Waals surface area contributed by atoms with Crippen LogP contribution in [0.3, 0.4) is 0 Å². The van der Waals surface area contributed by atoms with Gasteiger partial charge in [-0.05, 0) is 38.0 Å². The highest BCUT2D eigenvalue weighted by molar-refractivity contribution is 5.76. The zero-order valence-corrected chi connectivity index (χ0v) is 11.4. The van der Waals surface area contributed by atoms with Crippen LogP contribution in [0.2, 0.25) is 0 Å². The average molecular weight is 289 g/mol. The van der Waals surface area contributed by atoms with E-state index in [0.717, 1.165) is 12.1 Å². The van der Waals surface area contributed by atoms with Crippen molar-refractivity contribution in [3.05, 3.63) is 35.4 Å². The summed E-state index contributed by atoms with van der Waals surface area (Å²) in [5.41, 5.74) is -0.342. The van der Waals surface area contributed by atoms with Gasteiger partial charge in [0.2, 0.25) is 5.91 Å². The van der Waals surface area contributed by atoms with Crippen molar-refractivity contribution in [2.24, 2.45) is 0 Å². The van der Waals surface area contributed by atoms with Crippen molar-refractivity contribution in [2.45, 2.75) is 45.0 Å². The minimum atomic E-state index is -4.40. The second-order valence-corrected chi connectivity index (χ2v) is 4.80. The van der Waals surface area contributed by atoms with Crippen LogP contribution >= 0.6 is 0 Å². The predicted octanol–water partition coefficient (Wildman–Crippen LogP) is 3.04. The molecule has 0 saturated carbocycles. The summed E-state index contributed by atoms with van der Waals surface area (Å²) < 4.78 is 37.8. The number of carbonyl (C=O) groups is 1. The number of amides is 1. The van der Waals surface area contributed by atoms with Gasteiger partial charge in [-0.15, -0.1) is 0 Å². The van der Waals surface area contributed by atoms with E-state index in [1.807, 2.05) is 0 Å². The highest BCUT2D eigenvalue weighted by Crippen LogP contribution is 2.30. The van der Waals surface area contributed by atoms with Crippen LogP contribution in [0.4, 0.5) is 13.2 Å². The normalized spacial score (nSPS) is 14.7. The Morgan fingerprint density at radius 3 is 2.55 bits per heavy atom. The standard InChI is InChI=1S/C14H18F3NO2/c1-9(19)6-7-13(20)18-10(2)11-4-3-5-12(8-11)14(15,16)17/h3-5,8-10,19H,6-7H2,1-2H3,(H,18,20). The SMILES string of the molecule is CC(O)CCC(=O)NC(C)c1cccc(C(F)(F)F)c1. The Balaban J connectivity index is 2.68. The summed E-state index contributed by atoms with van der Waals surface area (Å²) in [5.74, 6) is -0.296. The Kier molecular flexibility index (Phi) is 5.56. The zero-order chi connectivity index (χ0) is 15.3. The number of carbonyl (C=O) groups excluding carboxylic acids is 1. The summed E-state index contributed by atoms with van der Waals surface area (Å²) in [6.07, 6.45) is -4.52. The van der Waals surface area contributed by atoms with Crippen LogP contribution in [-0.2, 0) is 11.0 Å². The van der Waals surface area contributed by atoms with E-state index in [1.165, 1.54) is 12.1 Å². The third-order valence-corrected chi connectivity index (χ3v) is 2.88. The van der Waals surface area contributed by atoms with E-state index < -0.39 is 23.9 Å². The highest BCUT2D eigenvalue weighted by Gasteiger charge is 2.30. The largest absolute Gasteiger partial charge is 0.416 e. The number of aliphatic hydroxyl groups is 1. The summed E-state index contributed by atoms with van der Waals surface area (Å²) in [6, 6.07) is 4.36. The lowest BCUT2D eigenvalue weighted by Crippen LogP contribution is -2.27. The van der Waals surface area contributed by atoms with Gasteiger partial charge in [-0.3, -0.25) is 4.79 Å². The van der Waals surface area contributed by atoms with Crippen molar-refractivity contribution in [3.63, 3.8) is 0 Å². The molecule has 0 spiro atoms. The van der Waals surface area contributed by atoms with Crippen molar-refractivity contribution < 1.29 is 23.1 Å². The van der Waals surface area contributed by atoms with E-state index in [2.05, 4.69) is 5.32 Å². The molecule has 112 valence electrons. The molecule has 0 saturated heterocycles. The second kappa shape index (κ2) is 6.74. The van der Waals surface area contributed by atoms with E-state index in [0.29, 0.717) is 12.0 Å². The molecule has 0 aromatic heterocycles. The second-order valence-electron chi connectivity index (χ2n) is 4.80. The highest BCUT2D eigenvalue weighted by atomic mass is 19.4. The smallest absolute Gasteiger partial charge is 0.393 e. The van der Waals surface area contributed by atoms with Gasteiger partial charge in [0.1, 0.15) is 0 Å². The lowest BCUT2D eigenvalue weighted by Gasteiger charge is -2.16. The Labute approximate surface area is 115 Å². The van der Waals surface area contributed by atoms with E-state index in [9.17, 15) is 18.0 Å². The Morgan fingerprint density at radius 2 is 2.00 bits per heavy atom. The fourth-order valence-electron chi connectivity index (χ4n) is 1.72. The molecular weight excluding hydrogens is 271 g/mol. The van der Waals surface area contributed by atoms with Crippen LogP contribution < -0.4 is 5.32 Å². The molecule has 1 aromatic carbocycles. The maximum atomic E-state index is 12.6. The first-order valence-electron chi connectivity index (χ1n) is 6.34. The number of rotatable bonds is 5. The van der Waals surface area contributed by atoms with Gasteiger partial charge in [0.25, 0.3) is 0 Å². The van der Waals surface area contributed by atoms with Crippen LogP contribution in [0.1, 0.15) is 43.9 Å². The summed E-state index contributed by atoms with van der Waals surface area (Å²) in [5, 5.41) is 11.7. The van der Waals surface area contributed by atoms with E-state index >= 15 is 0 Å². The van der Waals surface area contributed by atoms with Gasteiger partial charge in [-0.1, -0.05) is 12.1 Å². The maximum absolute atomic E-state index is 12.6. The summed E-state index contributed by atoms with van der Waals surface area (Å²) in [6.45, 7) is 3.19. The third-order valence-electron chi connectivity index (χ3n) is 2.88. The van der Waals surface area contributed by atoms with Crippen LogP contribution in [0, 0.1) is 0 Å². The molecule has 1 aromatic rings. The summed E-state index contributed by atoms with van der Waals surface area (Å²) in [7, 11) is 0.